The van der Waals surface area contributed by atoms with E-state index in [0.717, 1.165) is 0 Å². The minimum Gasteiger partial charge on any atom is -0.494 e. The molecular formula is C16H22FNO4. The summed E-state index contributed by atoms with van der Waals surface area (Å²) in [7, 11) is 1.38. The van der Waals surface area contributed by atoms with Gasteiger partial charge in [-0.15, -0.1) is 0 Å². The van der Waals surface area contributed by atoms with Gasteiger partial charge in [-0.05, 0) is 30.0 Å². The van der Waals surface area contributed by atoms with Crippen LogP contribution in [-0.4, -0.2) is 30.1 Å². The predicted octanol–water partition coefficient (Wildman–Crippen LogP) is 2.38. The van der Waals surface area contributed by atoms with Gasteiger partial charge >= 0.3 is 5.97 Å². The fourth-order valence-corrected chi connectivity index (χ4v) is 2.05. The first-order valence-corrected chi connectivity index (χ1v) is 7.23. The topological polar surface area (TPSA) is 75.6 Å². The normalized spacial score (nSPS) is 13.3. The van der Waals surface area contributed by atoms with Gasteiger partial charge in [0.25, 0.3) is 0 Å². The summed E-state index contributed by atoms with van der Waals surface area (Å²) >= 11 is 0. The average molecular weight is 311 g/mol. The molecule has 2 unspecified atom stereocenters. The van der Waals surface area contributed by atoms with Crippen LogP contribution in [0.4, 0.5) is 4.39 Å². The van der Waals surface area contributed by atoms with Crippen LogP contribution in [-0.2, 0) is 16.0 Å². The number of aryl methyl sites for hydroxylation is 1. The molecule has 0 fully saturated rings. The zero-order valence-corrected chi connectivity index (χ0v) is 13.1. The number of hydrogen-bond donors (Lipinski definition) is 2. The van der Waals surface area contributed by atoms with Crippen molar-refractivity contribution in [2.24, 2.45) is 5.92 Å². The van der Waals surface area contributed by atoms with Crippen LogP contribution in [0, 0.1) is 11.7 Å². The Labute approximate surface area is 129 Å². The summed E-state index contributed by atoms with van der Waals surface area (Å²) in [5.41, 5.74) is 0.656. The van der Waals surface area contributed by atoms with Crippen LogP contribution in [0.15, 0.2) is 18.2 Å². The highest BCUT2D eigenvalue weighted by Gasteiger charge is 2.24. The number of carbonyl (C=O) groups excluding carboxylic acids is 1. The van der Waals surface area contributed by atoms with Gasteiger partial charge in [-0.2, -0.15) is 0 Å². The highest BCUT2D eigenvalue weighted by Crippen LogP contribution is 2.18. The molecule has 0 saturated carbocycles. The number of ether oxygens (including phenoxy) is 1. The zero-order chi connectivity index (χ0) is 16.7. The molecule has 0 aromatic heterocycles. The lowest BCUT2D eigenvalue weighted by atomic mass is 9.99. The molecule has 2 N–H and O–H groups in total. The third kappa shape index (κ3) is 5.02. The standard InChI is InChI=1S/C16H22FNO4/c1-4-10(2)15(16(20)21)18-14(19)8-6-11-5-7-13(22-3)12(17)9-11/h5,7,9-10,15H,4,6,8H2,1-3H3,(H,18,19)(H,20,21). The SMILES string of the molecule is CCC(C)C(NC(=O)CCc1ccc(OC)c(F)c1)C(=O)O. The van der Waals surface area contributed by atoms with Gasteiger partial charge in [0.05, 0.1) is 7.11 Å². The van der Waals surface area contributed by atoms with E-state index in [4.69, 9.17) is 9.84 Å². The number of rotatable bonds is 8. The van der Waals surface area contributed by atoms with Gasteiger partial charge in [0.2, 0.25) is 5.91 Å². The summed E-state index contributed by atoms with van der Waals surface area (Å²) in [6, 6.07) is 3.60. The molecule has 1 rings (SSSR count). The molecule has 5 nitrogen and oxygen atoms in total. The van der Waals surface area contributed by atoms with Crippen molar-refractivity contribution in [3.8, 4) is 5.75 Å². The van der Waals surface area contributed by atoms with Crippen LogP contribution in [0.2, 0.25) is 0 Å². The second-order valence-electron chi connectivity index (χ2n) is 5.24. The van der Waals surface area contributed by atoms with Crippen LogP contribution in [0.3, 0.4) is 0 Å². The van der Waals surface area contributed by atoms with Crippen LogP contribution in [0.5, 0.6) is 5.75 Å². The molecule has 2 atom stereocenters. The monoisotopic (exact) mass is 311 g/mol. The molecule has 6 heteroatoms. The minimum absolute atomic E-state index is 0.103. The van der Waals surface area contributed by atoms with E-state index in [1.807, 2.05) is 6.92 Å². The third-order valence-electron chi connectivity index (χ3n) is 3.65. The fraction of sp³-hybridized carbons (Fsp3) is 0.500. The maximum atomic E-state index is 13.5. The largest absolute Gasteiger partial charge is 0.494 e. The lowest BCUT2D eigenvalue weighted by Crippen LogP contribution is -2.45. The van der Waals surface area contributed by atoms with Gasteiger partial charge in [-0.25, -0.2) is 9.18 Å². The highest BCUT2D eigenvalue weighted by molar-refractivity contribution is 5.83. The molecule has 122 valence electrons. The molecule has 0 aliphatic carbocycles. The lowest BCUT2D eigenvalue weighted by Gasteiger charge is -2.20. The number of halogens is 1. The van der Waals surface area contributed by atoms with Crippen LogP contribution < -0.4 is 10.1 Å². The van der Waals surface area contributed by atoms with Crippen molar-refractivity contribution in [1.29, 1.82) is 0 Å². The van der Waals surface area contributed by atoms with Gasteiger partial charge < -0.3 is 15.2 Å². The zero-order valence-electron chi connectivity index (χ0n) is 13.1. The molecule has 0 saturated heterocycles. The van der Waals surface area contributed by atoms with E-state index in [1.54, 1.807) is 13.0 Å². The van der Waals surface area contributed by atoms with Crippen LogP contribution in [0.25, 0.3) is 0 Å². The Bertz CT molecular complexity index is 533. The maximum absolute atomic E-state index is 13.5. The Morgan fingerprint density at radius 2 is 2.09 bits per heavy atom. The first kappa shape index (κ1) is 17.9. The van der Waals surface area contributed by atoms with Gasteiger partial charge in [0.15, 0.2) is 11.6 Å². The Balaban J connectivity index is 2.58. The molecule has 0 radical (unpaired) electrons. The molecule has 0 aliphatic rings. The molecule has 0 aliphatic heterocycles. The number of nitrogens with one attached hydrogen (secondary N) is 1. The summed E-state index contributed by atoms with van der Waals surface area (Å²) in [5, 5.41) is 11.6. The summed E-state index contributed by atoms with van der Waals surface area (Å²) in [6.07, 6.45) is 1.09. The number of carboxylic acid groups (broad SMARTS) is 1. The quantitative estimate of drug-likeness (QED) is 0.773. The van der Waals surface area contributed by atoms with E-state index in [0.29, 0.717) is 18.4 Å². The van der Waals surface area contributed by atoms with E-state index in [2.05, 4.69) is 5.32 Å². The van der Waals surface area contributed by atoms with E-state index < -0.39 is 17.8 Å². The Morgan fingerprint density at radius 3 is 2.59 bits per heavy atom. The second kappa shape index (κ2) is 8.36. The second-order valence-corrected chi connectivity index (χ2v) is 5.24. The molecule has 1 amide bonds. The summed E-state index contributed by atoms with van der Waals surface area (Å²) in [6.45, 7) is 3.64. The smallest absolute Gasteiger partial charge is 0.326 e. The molecule has 1 aromatic carbocycles. The highest BCUT2D eigenvalue weighted by atomic mass is 19.1. The van der Waals surface area contributed by atoms with Crippen LogP contribution in [0.1, 0.15) is 32.3 Å². The van der Waals surface area contributed by atoms with Gasteiger partial charge in [-0.3, -0.25) is 4.79 Å². The minimum atomic E-state index is -1.04. The fourth-order valence-electron chi connectivity index (χ4n) is 2.05. The number of carbonyl (C=O) groups is 2. The van der Waals surface area contributed by atoms with Crippen molar-refractivity contribution in [1.82, 2.24) is 5.32 Å². The molecule has 0 bridgehead atoms. The Hall–Kier alpha value is -2.11. The van der Waals surface area contributed by atoms with Crippen LogP contribution >= 0.6 is 0 Å². The Kier molecular flexibility index (Phi) is 6.82. The van der Waals surface area contributed by atoms with Crippen molar-refractivity contribution >= 4 is 11.9 Å². The molecular weight excluding hydrogens is 289 g/mol. The first-order valence-electron chi connectivity index (χ1n) is 7.23. The summed E-state index contributed by atoms with van der Waals surface area (Å²) in [4.78, 5) is 23.0. The lowest BCUT2D eigenvalue weighted by molar-refractivity contribution is -0.143. The number of amides is 1. The third-order valence-corrected chi connectivity index (χ3v) is 3.65. The molecule has 1 aromatic rings. The predicted molar refractivity (Wildman–Crippen MR) is 80.3 cm³/mol. The van der Waals surface area contributed by atoms with E-state index in [1.165, 1.54) is 19.2 Å². The Morgan fingerprint density at radius 1 is 1.41 bits per heavy atom. The summed E-state index contributed by atoms with van der Waals surface area (Å²) < 4.78 is 18.4. The van der Waals surface area contributed by atoms with E-state index >= 15 is 0 Å². The molecule has 22 heavy (non-hydrogen) atoms. The van der Waals surface area contributed by atoms with Crippen molar-refractivity contribution < 1.29 is 23.8 Å². The number of carboxylic acids is 1. The van der Waals surface area contributed by atoms with Gasteiger partial charge in [0.1, 0.15) is 6.04 Å². The van der Waals surface area contributed by atoms with Gasteiger partial charge in [-0.1, -0.05) is 26.3 Å². The summed E-state index contributed by atoms with van der Waals surface area (Å²) in [5.74, 6) is -1.89. The number of benzene rings is 1. The average Bonchev–Trinajstić information content (AvgIpc) is 2.49. The maximum Gasteiger partial charge on any atom is 0.326 e. The van der Waals surface area contributed by atoms with Crippen molar-refractivity contribution in [2.45, 2.75) is 39.2 Å². The van der Waals surface area contributed by atoms with E-state index in [9.17, 15) is 14.0 Å². The van der Waals surface area contributed by atoms with Gasteiger partial charge in [0, 0.05) is 6.42 Å². The first-order chi connectivity index (χ1) is 10.4. The van der Waals surface area contributed by atoms with E-state index in [-0.39, 0.29) is 24.0 Å². The number of hydrogen-bond acceptors (Lipinski definition) is 3. The number of methoxy groups -OCH3 is 1. The van der Waals surface area contributed by atoms with Crippen molar-refractivity contribution in [2.75, 3.05) is 7.11 Å². The molecule has 0 heterocycles. The van der Waals surface area contributed by atoms with Crippen molar-refractivity contribution in [3.63, 3.8) is 0 Å². The molecule has 0 spiro atoms. The number of aliphatic carboxylic acids is 1. The van der Waals surface area contributed by atoms with Crippen molar-refractivity contribution in [3.05, 3.63) is 29.6 Å².